The fourth-order valence-corrected chi connectivity index (χ4v) is 2.05. The summed E-state index contributed by atoms with van der Waals surface area (Å²) in [5.74, 6) is -0.976. The number of halogens is 1. The van der Waals surface area contributed by atoms with Gasteiger partial charge in [0.05, 0.1) is 0 Å². The molecule has 0 radical (unpaired) electrons. The van der Waals surface area contributed by atoms with Crippen LogP contribution in [0.2, 0.25) is 0 Å². The van der Waals surface area contributed by atoms with Crippen molar-refractivity contribution in [2.24, 2.45) is 0 Å². The minimum atomic E-state index is -0.976. The lowest BCUT2D eigenvalue weighted by Gasteiger charge is -2.06. The maximum Gasteiger partial charge on any atom is 0.355 e. The van der Waals surface area contributed by atoms with E-state index in [0.717, 1.165) is 22.9 Å². The highest BCUT2D eigenvalue weighted by Crippen LogP contribution is 1.99. The first kappa shape index (κ1) is 31.2. The lowest BCUT2D eigenvalue weighted by atomic mass is 10.4. The van der Waals surface area contributed by atoms with Crippen LogP contribution >= 0.6 is 15.9 Å². The molecule has 0 aromatic carbocycles. The predicted molar refractivity (Wildman–Crippen MR) is 134 cm³/mol. The van der Waals surface area contributed by atoms with Crippen molar-refractivity contribution in [3.05, 3.63) is 72.1 Å². The number of carboxylic acids is 1. The van der Waals surface area contributed by atoms with Crippen LogP contribution in [0.3, 0.4) is 0 Å². The van der Waals surface area contributed by atoms with Crippen molar-refractivity contribution >= 4 is 21.9 Å². The molecule has 0 unspecified atom stereocenters. The van der Waals surface area contributed by atoms with Crippen LogP contribution in [0.4, 0.5) is 0 Å². The van der Waals surface area contributed by atoms with E-state index in [1.54, 1.807) is 42.7 Å². The zero-order valence-corrected chi connectivity index (χ0v) is 21.8. The van der Waals surface area contributed by atoms with Gasteiger partial charge in [0.25, 0.3) is 0 Å². The van der Waals surface area contributed by atoms with Gasteiger partial charge in [-0.15, -0.1) is 0 Å². The molecule has 0 bridgehead atoms. The molecule has 0 amide bonds. The Labute approximate surface area is 214 Å². The standard InChI is InChI=1S/C8H10N2O.C8H11NO3.C5H4N2O.C3H7Br/c1-2-6-11-10-5-3-4-8(10)7-9;1-2-6-12-9-5-3-4-7(9)8(10)11;6-4-5-2-1-3-7(5)8;1-2-3-4/h3-5H,2,6H2,1H3;3-5H,2,6H2,1H3,(H,10,11);1-3,8H;2-3H2,1H3. The molecule has 10 nitrogen and oxygen atoms in total. The molecule has 0 atom stereocenters. The van der Waals surface area contributed by atoms with Gasteiger partial charge >= 0.3 is 5.97 Å². The number of carbonyl (C=O) groups is 1. The molecule has 11 heteroatoms. The highest BCUT2D eigenvalue weighted by atomic mass is 79.9. The Morgan fingerprint density at radius 2 is 1.37 bits per heavy atom. The molecule has 3 rings (SSSR count). The average Bonchev–Trinajstić information content (AvgIpc) is 3.62. The number of carboxylic acid groups (broad SMARTS) is 1. The fourth-order valence-electron chi connectivity index (χ4n) is 2.05. The summed E-state index contributed by atoms with van der Waals surface area (Å²) in [6.07, 6.45) is 7.76. The zero-order chi connectivity index (χ0) is 26.5. The van der Waals surface area contributed by atoms with Crippen LogP contribution in [-0.2, 0) is 0 Å². The van der Waals surface area contributed by atoms with E-state index >= 15 is 0 Å². The van der Waals surface area contributed by atoms with E-state index in [-0.39, 0.29) is 11.4 Å². The van der Waals surface area contributed by atoms with Gasteiger partial charge in [-0.2, -0.15) is 24.7 Å². The third-order valence-electron chi connectivity index (χ3n) is 3.66. The smallest absolute Gasteiger partial charge is 0.355 e. The van der Waals surface area contributed by atoms with E-state index in [1.807, 2.05) is 19.9 Å². The largest absolute Gasteiger partial charge is 0.476 e. The summed E-state index contributed by atoms with van der Waals surface area (Å²) in [5, 5.41) is 35.2. The summed E-state index contributed by atoms with van der Waals surface area (Å²) < 4.78 is 3.54. The van der Waals surface area contributed by atoms with Crippen molar-refractivity contribution in [3.8, 4) is 12.1 Å². The molecule has 0 aliphatic rings. The van der Waals surface area contributed by atoms with Gasteiger partial charge < -0.3 is 20.0 Å². The molecule has 0 spiro atoms. The van der Waals surface area contributed by atoms with Crippen LogP contribution in [0, 0.1) is 22.7 Å². The maximum atomic E-state index is 10.5. The summed E-state index contributed by atoms with van der Waals surface area (Å²) >= 11 is 3.25. The second kappa shape index (κ2) is 19.6. The van der Waals surface area contributed by atoms with E-state index in [4.69, 9.17) is 30.5 Å². The van der Waals surface area contributed by atoms with Crippen molar-refractivity contribution in [1.29, 1.82) is 10.5 Å². The molecule has 0 saturated carbocycles. The summed E-state index contributed by atoms with van der Waals surface area (Å²) in [6.45, 7) is 7.28. The van der Waals surface area contributed by atoms with Gasteiger partial charge in [0.1, 0.15) is 25.4 Å². The Hall–Kier alpha value is -3.83. The molecule has 0 aliphatic heterocycles. The Kier molecular flexibility index (Phi) is 17.5. The normalized spacial score (nSPS) is 8.97. The number of aromatic nitrogens is 3. The highest BCUT2D eigenvalue weighted by Gasteiger charge is 2.08. The van der Waals surface area contributed by atoms with Crippen LogP contribution in [0.15, 0.2) is 55.0 Å². The molecule has 0 saturated heterocycles. The monoisotopic (exact) mass is 549 g/mol. The summed E-state index contributed by atoms with van der Waals surface area (Å²) in [7, 11) is 0. The minimum absolute atomic E-state index is 0.156. The van der Waals surface area contributed by atoms with Gasteiger partial charge in [-0.1, -0.05) is 36.7 Å². The second-order valence-electron chi connectivity index (χ2n) is 6.56. The number of nitriles is 2. The van der Waals surface area contributed by atoms with Gasteiger partial charge in [0.15, 0.2) is 17.1 Å². The Morgan fingerprint density at radius 3 is 1.80 bits per heavy atom. The first-order valence-electron chi connectivity index (χ1n) is 11.0. The molecule has 0 fully saturated rings. The SMILES string of the molecule is CCCBr.CCCOn1cccc1C#N.CCCOn1cccc1C(=O)O.N#Cc1cccn1O. The molecule has 35 heavy (non-hydrogen) atoms. The van der Waals surface area contributed by atoms with Crippen molar-refractivity contribution < 1.29 is 24.8 Å². The van der Waals surface area contributed by atoms with Crippen molar-refractivity contribution in [2.75, 3.05) is 18.5 Å². The van der Waals surface area contributed by atoms with Gasteiger partial charge in [-0.05, 0) is 55.7 Å². The van der Waals surface area contributed by atoms with Gasteiger partial charge in [-0.3, -0.25) is 0 Å². The zero-order valence-electron chi connectivity index (χ0n) is 20.2. The molecule has 0 aliphatic carbocycles. The highest BCUT2D eigenvalue weighted by molar-refractivity contribution is 9.09. The molecule has 3 aromatic rings. The average molecular weight is 550 g/mol. The first-order valence-corrected chi connectivity index (χ1v) is 12.1. The van der Waals surface area contributed by atoms with Crippen molar-refractivity contribution in [1.82, 2.24) is 14.2 Å². The molecule has 3 heterocycles. The van der Waals surface area contributed by atoms with E-state index in [0.29, 0.717) is 18.9 Å². The molecule has 190 valence electrons. The molecular formula is C24H32BrN5O5. The Bertz CT molecular complexity index is 1040. The van der Waals surface area contributed by atoms with Crippen LogP contribution in [0.1, 0.15) is 61.9 Å². The number of hydrogen-bond acceptors (Lipinski definition) is 6. The van der Waals surface area contributed by atoms with Gasteiger partial charge in [0, 0.05) is 23.9 Å². The summed E-state index contributed by atoms with van der Waals surface area (Å²) in [6, 6.07) is 13.6. The fraction of sp³-hybridized carbons (Fsp3) is 0.375. The van der Waals surface area contributed by atoms with E-state index < -0.39 is 5.97 Å². The maximum absolute atomic E-state index is 10.5. The molecular weight excluding hydrogens is 518 g/mol. The van der Waals surface area contributed by atoms with Crippen molar-refractivity contribution in [2.45, 2.75) is 40.0 Å². The first-order chi connectivity index (χ1) is 16.9. The minimum Gasteiger partial charge on any atom is -0.476 e. The number of aromatic carboxylic acids is 1. The van der Waals surface area contributed by atoms with E-state index in [1.165, 1.54) is 34.2 Å². The number of rotatable bonds is 8. The predicted octanol–water partition coefficient (Wildman–Crippen LogP) is 4.61. The lowest BCUT2D eigenvalue weighted by molar-refractivity contribution is 0.0594. The summed E-state index contributed by atoms with van der Waals surface area (Å²) in [5.41, 5.74) is 0.951. The summed E-state index contributed by atoms with van der Waals surface area (Å²) in [4.78, 5) is 20.9. The van der Waals surface area contributed by atoms with Gasteiger partial charge in [-0.25, -0.2) is 4.79 Å². The number of hydrogen-bond donors (Lipinski definition) is 2. The van der Waals surface area contributed by atoms with E-state index in [2.05, 4.69) is 22.9 Å². The van der Waals surface area contributed by atoms with Crippen LogP contribution in [0.5, 0.6) is 0 Å². The van der Waals surface area contributed by atoms with Crippen molar-refractivity contribution in [3.63, 3.8) is 0 Å². The number of alkyl halides is 1. The molecule has 2 N–H and O–H groups in total. The lowest BCUT2D eigenvalue weighted by Crippen LogP contribution is -2.16. The quantitative estimate of drug-likeness (QED) is 0.309. The Balaban J connectivity index is 0.000000467. The van der Waals surface area contributed by atoms with Crippen LogP contribution in [0.25, 0.3) is 0 Å². The van der Waals surface area contributed by atoms with E-state index in [9.17, 15) is 4.79 Å². The third kappa shape index (κ3) is 12.8. The third-order valence-corrected chi connectivity index (χ3v) is 4.45. The Morgan fingerprint density at radius 1 is 0.886 bits per heavy atom. The van der Waals surface area contributed by atoms with Crippen LogP contribution < -0.4 is 9.68 Å². The number of nitrogens with zero attached hydrogens (tertiary/aromatic N) is 5. The topological polar surface area (TPSA) is 138 Å². The van der Waals surface area contributed by atoms with Gasteiger partial charge in [0.2, 0.25) is 0 Å². The molecule has 3 aromatic heterocycles. The van der Waals surface area contributed by atoms with Crippen LogP contribution in [-0.4, -0.2) is 49.0 Å². The second-order valence-corrected chi connectivity index (χ2v) is 7.35.